The Labute approximate surface area is 135 Å². The lowest BCUT2D eigenvalue weighted by Gasteiger charge is -2.26. The molecular weight excluding hydrogens is 294 g/mol. The summed E-state index contributed by atoms with van der Waals surface area (Å²) in [6, 6.07) is 9.65. The molecule has 1 saturated carbocycles. The molecule has 1 aromatic carbocycles. The molecule has 1 heterocycles. The summed E-state index contributed by atoms with van der Waals surface area (Å²) in [5.41, 5.74) is 0.403. The van der Waals surface area contributed by atoms with Crippen LogP contribution < -0.4 is 5.32 Å². The van der Waals surface area contributed by atoms with E-state index in [4.69, 9.17) is 4.74 Å². The van der Waals surface area contributed by atoms with E-state index in [1.807, 2.05) is 37.3 Å². The van der Waals surface area contributed by atoms with Crippen LogP contribution in [0.15, 0.2) is 30.3 Å². The maximum atomic E-state index is 12.4. The third-order valence-corrected chi connectivity index (χ3v) is 4.32. The van der Waals surface area contributed by atoms with Crippen LogP contribution in [-0.4, -0.2) is 39.3 Å². The molecule has 1 aromatic heterocycles. The molecule has 0 spiro atoms. The van der Waals surface area contributed by atoms with Crippen LogP contribution in [0.2, 0.25) is 0 Å². The van der Waals surface area contributed by atoms with Crippen molar-refractivity contribution in [2.24, 2.45) is 5.41 Å². The minimum Gasteiger partial charge on any atom is -0.466 e. The molecule has 0 aliphatic heterocycles. The van der Waals surface area contributed by atoms with Gasteiger partial charge in [0.1, 0.15) is 0 Å². The molecule has 0 bridgehead atoms. The highest BCUT2D eigenvalue weighted by Gasteiger charge is 2.42. The fraction of sp³-hybridized carbons (Fsp3) is 0.500. The van der Waals surface area contributed by atoms with Crippen molar-refractivity contribution in [3.8, 4) is 5.69 Å². The van der Waals surface area contributed by atoms with Crippen molar-refractivity contribution in [1.82, 2.24) is 20.2 Å². The molecule has 2 aromatic rings. The molecule has 0 unspecified atom stereocenters. The van der Waals surface area contributed by atoms with Crippen molar-refractivity contribution in [2.75, 3.05) is 18.5 Å². The summed E-state index contributed by atoms with van der Waals surface area (Å²) in [6.07, 6.45) is 3.77. The van der Waals surface area contributed by atoms with Crippen LogP contribution >= 0.6 is 0 Å². The Hall–Kier alpha value is -2.44. The lowest BCUT2D eigenvalue weighted by atomic mass is 9.86. The molecule has 3 rings (SSSR count). The standard InChI is InChI=1S/C16H21N5O2/c1-2-23-14(22)16(10-6-7-11-16)12-17-15-18-19-20-21(15)13-8-4-3-5-9-13/h3-5,8-9H,2,6-7,10-12H2,1H3,(H,17,18,20). The van der Waals surface area contributed by atoms with Crippen molar-refractivity contribution < 1.29 is 9.53 Å². The van der Waals surface area contributed by atoms with Crippen molar-refractivity contribution in [2.45, 2.75) is 32.6 Å². The number of nitrogens with one attached hydrogen (secondary N) is 1. The summed E-state index contributed by atoms with van der Waals surface area (Å²) in [4.78, 5) is 12.4. The molecule has 0 radical (unpaired) electrons. The largest absolute Gasteiger partial charge is 0.466 e. The predicted octanol–water partition coefficient (Wildman–Crippen LogP) is 2.20. The van der Waals surface area contributed by atoms with Crippen molar-refractivity contribution in [3.05, 3.63) is 30.3 Å². The number of tetrazole rings is 1. The second-order valence-corrected chi connectivity index (χ2v) is 5.81. The number of ether oxygens (including phenoxy) is 1. The predicted molar refractivity (Wildman–Crippen MR) is 85.2 cm³/mol. The van der Waals surface area contributed by atoms with Gasteiger partial charge in [0, 0.05) is 6.54 Å². The van der Waals surface area contributed by atoms with Gasteiger partial charge in [0.15, 0.2) is 0 Å². The van der Waals surface area contributed by atoms with Gasteiger partial charge in [-0.15, -0.1) is 0 Å². The summed E-state index contributed by atoms with van der Waals surface area (Å²) >= 11 is 0. The average molecular weight is 315 g/mol. The smallest absolute Gasteiger partial charge is 0.313 e. The Balaban J connectivity index is 1.75. The van der Waals surface area contributed by atoms with Crippen molar-refractivity contribution in [3.63, 3.8) is 0 Å². The lowest BCUT2D eigenvalue weighted by Crippen LogP contribution is -2.37. The van der Waals surface area contributed by atoms with E-state index in [0.29, 0.717) is 19.1 Å². The van der Waals surface area contributed by atoms with Crippen LogP contribution in [0, 0.1) is 5.41 Å². The van der Waals surface area contributed by atoms with Gasteiger partial charge in [0.25, 0.3) is 0 Å². The van der Waals surface area contributed by atoms with Crippen LogP contribution in [0.5, 0.6) is 0 Å². The number of hydrogen-bond donors (Lipinski definition) is 1. The summed E-state index contributed by atoms with van der Waals surface area (Å²) in [7, 11) is 0. The molecule has 1 aliphatic carbocycles. The Morgan fingerprint density at radius 3 is 2.74 bits per heavy atom. The molecule has 1 fully saturated rings. The zero-order valence-corrected chi connectivity index (χ0v) is 13.2. The van der Waals surface area contributed by atoms with Gasteiger partial charge in [-0.3, -0.25) is 4.79 Å². The molecule has 122 valence electrons. The summed E-state index contributed by atoms with van der Waals surface area (Å²) in [5.74, 6) is 0.413. The number of esters is 1. The number of para-hydroxylation sites is 1. The van der Waals surface area contributed by atoms with Gasteiger partial charge in [-0.2, -0.15) is 4.68 Å². The number of aromatic nitrogens is 4. The molecular formula is C16H21N5O2. The highest BCUT2D eigenvalue weighted by atomic mass is 16.5. The number of hydrogen-bond acceptors (Lipinski definition) is 6. The first-order valence-electron chi connectivity index (χ1n) is 8.00. The Bertz CT molecular complexity index is 650. The number of nitrogens with zero attached hydrogens (tertiary/aromatic N) is 4. The first kappa shape index (κ1) is 15.5. The number of carbonyl (C=O) groups is 1. The van der Waals surface area contributed by atoms with Gasteiger partial charge in [-0.1, -0.05) is 36.1 Å². The van der Waals surface area contributed by atoms with E-state index in [0.717, 1.165) is 31.4 Å². The van der Waals surface area contributed by atoms with E-state index in [1.165, 1.54) is 0 Å². The van der Waals surface area contributed by atoms with Crippen LogP contribution in [-0.2, 0) is 9.53 Å². The third kappa shape index (κ3) is 3.18. The fourth-order valence-electron chi connectivity index (χ4n) is 3.08. The summed E-state index contributed by atoms with van der Waals surface area (Å²) in [6.45, 7) is 2.73. The maximum absolute atomic E-state index is 12.4. The van der Waals surface area contributed by atoms with Gasteiger partial charge >= 0.3 is 5.97 Å². The van der Waals surface area contributed by atoms with Gasteiger partial charge < -0.3 is 10.1 Å². The van der Waals surface area contributed by atoms with Crippen LogP contribution in [0.4, 0.5) is 5.95 Å². The zero-order chi connectivity index (χ0) is 16.1. The van der Waals surface area contributed by atoms with Gasteiger partial charge in [0.2, 0.25) is 5.95 Å². The number of rotatable bonds is 6. The monoisotopic (exact) mass is 315 g/mol. The summed E-state index contributed by atoms with van der Waals surface area (Å²) < 4.78 is 6.91. The third-order valence-electron chi connectivity index (χ3n) is 4.32. The zero-order valence-electron chi connectivity index (χ0n) is 13.2. The highest BCUT2D eigenvalue weighted by molar-refractivity contribution is 5.78. The second kappa shape index (κ2) is 6.76. The van der Waals surface area contributed by atoms with E-state index in [2.05, 4.69) is 20.8 Å². The molecule has 0 amide bonds. The number of carbonyl (C=O) groups excluding carboxylic acids is 1. The summed E-state index contributed by atoms with van der Waals surface area (Å²) in [5, 5.41) is 15.0. The molecule has 0 saturated heterocycles. The van der Waals surface area contributed by atoms with Gasteiger partial charge in [-0.25, -0.2) is 0 Å². The van der Waals surface area contributed by atoms with Crippen molar-refractivity contribution in [1.29, 1.82) is 0 Å². The van der Waals surface area contributed by atoms with Crippen LogP contribution in [0.25, 0.3) is 5.69 Å². The van der Waals surface area contributed by atoms with E-state index < -0.39 is 5.41 Å². The number of benzene rings is 1. The first-order chi connectivity index (χ1) is 11.2. The van der Waals surface area contributed by atoms with E-state index in [1.54, 1.807) is 4.68 Å². The highest BCUT2D eigenvalue weighted by Crippen LogP contribution is 2.39. The lowest BCUT2D eigenvalue weighted by molar-refractivity contribution is -0.154. The van der Waals surface area contributed by atoms with E-state index >= 15 is 0 Å². The molecule has 1 aliphatic rings. The molecule has 7 nitrogen and oxygen atoms in total. The molecule has 7 heteroatoms. The first-order valence-corrected chi connectivity index (χ1v) is 8.00. The molecule has 1 N–H and O–H groups in total. The quantitative estimate of drug-likeness (QED) is 0.823. The van der Waals surface area contributed by atoms with Crippen LogP contribution in [0.1, 0.15) is 32.6 Å². The Kier molecular flexibility index (Phi) is 4.55. The Morgan fingerprint density at radius 1 is 1.30 bits per heavy atom. The van der Waals surface area contributed by atoms with Gasteiger partial charge in [0.05, 0.1) is 17.7 Å². The van der Waals surface area contributed by atoms with E-state index in [-0.39, 0.29) is 5.97 Å². The Morgan fingerprint density at radius 2 is 2.04 bits per heavy atom. The second-order valence-electron chi connectivity index (χ2n) is 5.81. The fourth-order valence-corrected chi connectivity index (χ4v) is 3.08. The topological polar surface area (TPSA) is 81.9 Å². The van der Waals surface area contributed by atoms with Crippen LogP contribution in [0.3, 0.4) is 0 Å². The SMILES string of the molecule is CCOC(=O)C1(CNc2nnnn2-c2ccccc2)CCCC1. The average Bonchev–Trinajstić information content (AvgIpc) is 3.24. The van der Waals surface area contributed by atoms with Gasteiger partial charge in [-0.05, 0) is 42.3 Å². The normalized spacial score (nSPS) is 16.2. The maximum Gasteiger partial charge on any atom is 0.313 e. The molecule has 23 heavy (non-hydrogen) atoms. The van der Waals surface area contributed by atoms with Crippen molar-refractivity contribution >= 4 is 11.9 Å². The van der Waals surface area contributed by atoms with E-state index in [9.17, 15) is 4.79 Å². The number of anilines is 1. The minimum absolute atomic E-state index is 0.122. The minimum atomic E-state index is -0.469. The molecule has 0 atom stereocenters.